The zero-order chi connectivity index (χ0) is 11.2. The van der Waals surface area contributed by atoms with E-state index in [2.05, 4.69) is 6.58 Å². The van der Waals surface area contributed by atoms with Gasteiger partial charge in [-0.2, -0.15) is 13.2 Å². The number of carbonyl (C=O) groups excluding carboxylic acids is 1. The van der Waals surface area contributed by atoms with Gasteiger partial charge >= 0.3 is 6.18 Å². The van der Waals surface area contributed by atoms with E-state index in [9.17, 15) is 18.0 Å². The van der Waals surface area contributed by atoms with Crippen LogP contribution in [0.3, 0.4) is 0 Å². The summed E-state index contributed by atoms with van der Waals surface area (Å²) in [7, 11) is 0. The van der Waals surface area contributed by atoms with E-state index in [1.807, 2.05) is 0 Å². The number of aldehydes is 1. The molecule has 1 nitrogen and oxygen atoms in total. The van der Waals surface area contributed by atoms with Crippen LogP contribution in [0.25, 0.3) is 0 Å². The first kappa shape index (κ1) is 12.7. The molecule has 0 N–H and O–H groups in total. The summed E-state index contributed by atoms with van der Waals surface area (Å²) in [6.07, 6.45) is -1.04. The third-order valence-corrected chi connectivity index (χ3v) is 1.53. The zero-order valence-corrected chi connectivity index (χ0v) is 7.77. The van der Waals surface area contributed by atoms with Crippen LogP contribution in [-0.2, 0) is 4.79 Å². The number of hydrogen-bond acceptors (Lipinski definition) is 1. The van der Waals surface area contributed by atoms with Crippen molar-refractivity contribution in [1.82, 2.24) is 0 Å². The van der Waals surface area contributed by atoms with Gasteiger partial charge in [0.05, 0.1) is 5.57 Å². The molecule has 14 heavy (non-hydrogen) atoms. The van der Waals surface area contributed by atoms with Crippen LogP contribution in [0.1, 0.15) is 13.3 Å². The van der Waals surface area contributed by atoms with Gasteiger partial charge in [-0.1, -0.05) is 24.8 Å². The Labute approximate surface area is 80.6 Å². The van der Waals surface area contributed by atoms with Crippen molar-refractivity contribution >= 4 is 6.29 Å². The molecule has 0 unspecified atom stereocenters. The molecule has 0 aliphatic heterocycles. The minimum Gasteiger partial charge on any atom is -0.303 e. The first-order valence-electron chi connectivity index (χ1n) is 3.96. The fourth-order valence-corrected chi connectivity index (χ4v) is 0.943. The maximum atomic E-state index is 12.4. The Balaban J connectivity index is 5.30. The van der Waals surface area contributed by atoms with Crippen LogP contribution in [0.2, 0.25) is 0 Å². The summed E-state index contributed by atoms with van der Waals surface area (Å²) in [6.45, 7) is 4.73. The fraction of sp³-hybridized carbons (Fsp3) is 0.300. The van der Waals surface area contributed by atoms with Crippen molar-refractivity contribution in [3.05, 3.63) is 36.0 Å². The van der Waals surface area contributed by atoms with E-state index in [1.54, 1.807) is 0 Å². The van der Waals surface area contributed by atoms with E-state index >= 15 is 0 Å². The molecule has 0 heterocycles. The van der Waals surface area contributed by atoms with Gasteiger partial charge in [0, 0.05) is 6.42 Å². The molecule has 0 radical (unpaired) electrons. The maximum absolute atomic E-state index is 12.4. The van der Waals surface area contributed by atoms with Crippen molar-refractivity contribution in [2.45, 2.75) is 19.5 Å². The standard InChI is InChI=1S/C10H11F3O/c1-3-5-9(10(11,12)13)8(4-2)6-7-14/h3-5,7H,2,6H2,1H3/b5-3-,9-8-. The summed E-state index contributed by atoms with van der Waals surface area (Å²) in [5.74, 6) is 0. The first-order valence-corrected chi connectivity index (χ1v) is 3.96. The van der Waals surface area contributed by atoms with Crippen molar-refractivity contribution in [3.63, 3.8) is 0 Å². The quantitative estimate of drug-likeness (QED) is 0.507. The molecule has 0 aliphatic carbocycles. The van der Waals surface area contributed by atoms with Gasteiger partial charge in [0.25, 0.3) is 0 Å². The van der Waals surface area contributed by atoms with Crippen molar-refractivity contribution < 1.29 is 18.0 Å². The third-order valence-electron chi connectivity index (χ3n) is 1.53. The van der Waals surface area contributed by atoms with Gasteiger partial charge < -0.3 is 4.79 Å². The minimum absolute atomic E-state index is 0.106. The molecule has 0 bridgehead atoms. The van der Waals surface area contributed by atoms with Crippen molar-refractivity contribution in [2.75, 3.05) is 0 Å². The van der Waals surface area contributed by atoms with Crippen LogP contribution in [0, 0.1) is 0 Å². The number of rotatable bonds is 4. The fourth-order valence-electron chi connectivity index (χ4n) is 0.943. The van der Waals surface area contributed by atoms with Crippen molar-refractivity contribution in [2.24, 2.45) is 0 Å². The normalized spacial score (nSPS) is 14.0. The molecule has 0 aromatic heterocycles. The second-order valence-electron chi connectivity index (χ2n) is 2.51. The van der Waals surface area contributed by atoms with Gasteiger partial charge in [0.15, 0.2) is 0 Å². The highest BCUT2D eigenvalue weighted by Crippen LogP contribution is 2.30. The van der Waals surface area contributed by atoms with Gasteiger partial charge in [0.2, 0.25) is 0 Å². The van der Waals surface area contributed by atoms with Crippen molar-refractivity contribution in [1.29, 1.82) is 0 Å². The highest BCUT2D eigenvalue weighted by Gasteiger charge is 2.33. The highest BCUT2D eigenvalue weighted by molar-refractivity contribution is 5.58. The van der Waals surface area contributed by atoms with Gasteiger partial charge in [-0.3, -0.25) is 0 Å². The van der Waals surface area contributed by atoms with Crippen LogP contribution in [0.5, 0.6) is 0 Å². The molecule has 0 fully saturated rings. The van der Waals surface area contributed by atoms with E-state index in [0.29, 0.717) is 6.29 Å². The Morgan fingerprint density at radius 3 is 2.29 bits per heavy atom. The zero-order valence-electron chi connectivity index (χ0n) is 7.77. The average molecular weight is 204 g/mol. The molecular formula is C10H11F3O. The topological polar surface area (TPSA) is 17.1 Å². The Hall–Kier alpha value is -1.32. The summed E-state index contributed by atoms with van der Waals surface area (Å²) in [4.78, 5) is 10.1. The van der Waals surface area contributed by atoms with Crippen LogP contribution in [0.15, 0.2) is 36.0 Å². The molecule has 0 rings (SSSR count). The minimum atomic E-state index is -4.45. The number of halogens is 3. The molecule has 0 aromatic rings. The van der Waals surface area contributed by atoms with E-state index in [0.717, 1.165) is 12.2 Å². The van der Waals surface area contributed by atoms with Gasteiger partial charge in [0.1, 0.15) is 6.29 Å². The molecule has 0 saturated carbocycles. The Bertz CT molecular complexity index is 272. The smallest absolute Gasteiger partial charge is 0.303 e. The number of allylic oxidation sites excluding steroid dienone is 5. The number of hydrogen-bond donors (Lipinski definition) is 0. The van der Waals surface area contributed by atoms with Crippen LogP contribution < -0.4 is 0 Å². The van der Waals surface area contributed by atoms with Crippen LogP contribution in [-0.4, -0.2) is 12.5 Å². The Morgan fingerprint density at radius 2 is 2.00 bits per heavy atom. The number of carbonyl (C=O) groups is 1. The van der Waals surface area contributed by atoms with E-state index in [4.69, 9.17) is 0 Å². The SMILES string of the molecule is C=C/C(CC=O)=C(\C=C/C)C(F)(F)F. The summed E-state index contributed by atoms with van der Waals surface area (Å²) in [6, 6.07) is 0. The lowest BCUT2D eigenvalue weighted by Crippen LogP contribution is -2.12. The molecule has 0 aromatic carbocycles. The van der Waals surface area contributed by atoms with Gasteiger partial charge in [-0.05, 0) is 12.5 Å². The van der Waals surface area contributed by atoms with E-state index < -0.39 is 11.7 Å². The molecule has 0 saturated heterocycles. The first-order chi connectivity index (χ1) is 6.47. The monoisotopic (exact) mass is 204 g/mol. The summed E-state index contributed by atoms with van der Waals surface area (Å²) in [5, 5.41) is 0. The van der Waals surface area contributed by atoms with E-state index in [-0.39, 0.29) is 12.0 Å². The summed E-state index contributed by atoms with van der Waals surface area (Å²) >= 11 is 0. The summed E-state index contributed by atoms with van der Waals surface area (Å²) < 4.78 is 37.2. The number of alkyl halides is 3. The Morgan fingerprint density at radius 1 is 1.43 bits per heavy atom. The largest absolute Gasteiger partial charge is 0.416 e. The molecule has 0 atom stereocenters. The van der Waals surface area contributed by atoms with Crippen molar-refractivity contribution in [3.8, 4) is 0 Å². The lowest BCUT2D eigenvalue weighted by molar-refractivity contribution is -0.107. The predicted molar refractivity (Wildman–Crippen MR) is 48.8 cm³/mol. The van der Waals surface area contributed by atoms with Crippen LogP contribution >= 0.6 is 0 Å². The molecule has 4 heteroatoms. The van der Waals surface area contributed by atoms with Gasteiger partial charge in [-0.15, -0.1) is 0 Å². The molecule has 0 amide bonds. The second-order valence-corrected chi connectivity index (χ2v) is 2.51. The molecular weight excluding hydrogens is 193 g/mol. The van der Waals surface area contributed by atoms with Crippen LogP contribution in [0.4, 0.5) is 13.2 Å². The molecule has 0 spiro atoms. The van der Waals surface area contributed by atoms with Gasteiger partial charge in [-0.25, -0.2) is 0 Å². The summed E-state index contributed by atoms with van der Waals surface area (Å²) in [5.41, 5.74) is -0.923. The van der Waals surface area contributed by atoms with E-state index in [1.165, 1.54) is 13.0 Å². The predicted octanol–water partition coefficient (Wildman–Crippen LogP) is 3.20. The molecule has 78 valence electrons. The molecule has 0 aliphatic rings. The lowest BCUT2D eigenvalue weighted by Gasteiger charge is -2.10. The lowest BCUT2D eigenvalue weighted by atomic mass is 10.0. The third kappa shape index (κ3) is 3.60. The average Bonchev–Trinajstić information content (AvgIpc) is 2.09. The second kappa shape index (κ2) is 5.42. The highest BCUT2D eigenvalue weighted by atomic mass is 19.4. The maximum Gasteiger partial charge on any atom is 0.416 e. The Kier molecular flexibility index (Phi) is 4.91.